The molecule has 1 aromatic rings. The van der Waals surface area contributed by atoms with Gasteiger partial charge in [-0.2, -0.15) is 0 Å². The minimum absolute atomic E-state index is 0. The quantitative estimate of drug-likeness (QED) is 0.760. The molecule has 0 aliphatic rings. The molecule has 0 aliphatic carbocycles. The summed E-state index contributed by atoms with van der Waals surface area (Å²) in [5.74, 6) is 0. The Morgan fingerprint density at radius 1 is 1.08 bits per heavy atom. The smallest absolute Gasteiger partial charge is 0.0316 e. The minimum atomic E-state index is 0. The lowest BCUT2D eigenvalue weighted by Crippen LogP contribution is -2.05. The topological polar surface area (TPSA) is 64.9 Å². The fraction of sp³-hybridized carbons (Fsp3) is 0.286. The third-order valence-electron chi connectivity index (χ3n) is 1.44. The van der Waals surface area contributed by atoms with E-state index in [4.69, 9.17) is 11.5 Å². The summed E-state index contributed by atoms with van der Waals surface area (Å²) in [6, 6.07) is 1.89. The van der Waals surface area contributed by atoms with Gasteiger partial charge in [0, 0.05) is 25.5 Å². The van der Waals surface area contributed by atoms with Crippen LogP contribution in [0.5, 0.6) is 0 Å². The van der Waals surface area contributed by atoms with Gasteiger partial charge in [-0.05, 0) is 17.2 Å². The second kappa shape index (κ2) is 7.31. The maximum absolute atomic E-state index is 5.44. The van der Waals surface area contributed by atoms with Gasteiger partial charge in [0.25, 0.3) is 0 Å². The van der Waals surface area contributed by atoms with Crippen LogP contribution in [0.3, 0.4) is 0 Å². The summed E-state index contributed by atoms with van der Waals surface area (Å²) < 4.78 is 0. The molecule has 70 valence electrons. The first-order valence-electron chi connectivity index (χ1n) is 3.20. The molecule has 0 bridgehead atoms. The average molecular weight is 210 g/mol. The van der Waals surface area contributed by atoms with Gasteiger partial charge >= 0.3 is 0 Å². The van der Waals surface area contributed by atoms with Gasteiger partial charge in [-0.3, -0.25) is 4.98 Å². The van der Waals surface area contributed by atoms with Crippen molar-refractivity contribution in [1.82, 2.24) is 4.98 Å². The molecule has 0 saturated carbocycles. The van der Waals surface area contributed by atoms with Crippen LogP contribution in [-0.2, 0) is 13.1 Å². The molecular formula is C7H13Cl2N3. The SMILES string of the molecule is Cl.Cl.NCc1ccncc1CN. The Morgan fingerprint density at radius 2 is 1.67 bits per heavy atom. The zero-order chi connectivity index (χ0) is 7.40. The predicted molar refractivity (Wildman–Crippen MR) is 54.5 cm³/mol. The number of halogens is 2. The molecule has 0 unspecified atom stereocenters. The molecule has 0 saturated heterocycles. The maximum Gasteiger partial charge on any atom is 0.0316 e. The number of nitrogens with zero attached hydrogens (tertiary/aromatic N) is 1. The highest BCUT2D eigenvalue weighted by Crippen LogP contribution is 2.03. The van der Waals surface area contributed by atoms with E-state index in [0.29, 0.717) is 13.1 Å². The molecule has 0 radical (unpaired) electrons. The summed E-state index contributed by atoms with van der Waals surface area (Å²) >= 11 is 0. The summed E-state index contributed by atoms with van der Waals surface area (Å²) in [7, 11) is 0. The van der Waals surface area contributed by atoms with Gasteiger partial charge in [0.1, 0.15) is 0 Å². The van der Waals surface area contributed by atoms with Crippen molar-refractivity contribution >= 4 is 24.8 Å². The molecular weight excluding hydrogens is 197 g/mol. The lowest BCUT2D eigenvalue weighted by Gasteiger charge is -2.01. The molecule has 0 amide bonds. The molecule has 0 atom stereocenters. The summed E-state index contributed by atoms with van der Waals surface area (Å²) in [5.41, 5.74) is 13.0. The third-order valence-corrected chi connectivity index (χ3v) is 1.44. The molecule has 1 aromatic heterocycles. The highest BCUT2D eigenvalue weighted by Gasteiger charge is 1.95. The van der Waals surface area contributed by atoms with E-state index in [2.05, 4.69) is 4.98 Å². The van der Waals surface area contributed by atoms with Gasteiger partial charge in [-0.15, -0.1) is 24.8 Å². The lowest BCUT2D eigenvalue weighted by atomic mass is 10.1. The molecule has 3 nitrogen and oxygen atoms in total. The van der Waals surface area contributed by atoms with Crippen molar-refractivity contribution in [3.8, 4) is 0 Å². The van der Waals surface area contributed by atoms with Crippen LogP contribution in [-0.4, -0.2) is 4.98 Å². The first-order chi connectivity index (χ1) is 4.88. The maximum atomic E-state index is 5.44. The Labute approximate surface area is 84.4 Å². The summed E-state index contributed by atoms with van der Waals surface area (Å²) in [6.07, 6.45) is 3.48. The second-order valence-corrected chi connectivity index (χ2v) is 2.05. The fourth-order valence-electron chi connectivity index (χ4n) is 0.839. The van der Waals surface area contributed by atoms with E-state index >= 15 is 0 Å². The van der Waals surface area contributed by atoms with Crippen molar-refractivity contribution in [2.45, 2.75) is 13.1 Å². The zero-order valence-electron chi connectivity index (χ0n) is 6.56. The van der Waals surface area contributed by atoms with E-state index in [-0.39, 0.29) is 24.8 Å². The first kappa shape index (κ1) is 14.2. The van der Waals surface area contributed by atoms with Crippen molar-refractivity contribution in [1.29, 1.82) is 0 Å². The lowest BCUT2D eigenvalue weighted by molar-refractivity contribution is 0.962. The molecule has 0 aromatic carbocycles. The van der Waals surface area contributed by atoms with Crippen LogP contribution in [0.1, 0.15) is 11.1 Å². The van der Waals surface area contributed by atoms with Crippen LogP contribution in [0.2, 0.25) is 0 Å². The number of hydrogen-bond donors (Lipinski definition) is 2. The Bertz CT molecular complexity index is 195. The Hall–Kier alpha value is -0.350. The molecule has 4 N–H and O–H groups in total. The number of hydrogen-bond acceptors (Lipinski definition) is 3. The van der Waals surface area contributed by atoms with E-state index < -0.39 is 0 Å². The number of rotatable bonds is 2. The Kier molecular flexibility index (Phi) is 8.64. The van der Waals surface area contributed by atoms with E-state index in [9.17, 15) is 0 Å². The minimum Gasteiger partial charge on any atom is -0.326 e. The van der Waals surface area contributed by atoms with Crippen LogP contribution in [0.15, 0.2) is 18.5 Å². The normalized spacial score (nSPS) is 8.17. The van der Waals surface area contributed by atoms with Gasteiger partial charge in [-0.25, -0.2) is 0 Å². The number of aromatic nitrogens is 1. The van der Waals surface area contributed by atoms with Crippen LogP contribution in [0, 0.1) is 0 Å². The second-order valence-electron chi connectivity index (χ2n) is 2.05. The largest absolute Gasteiger partial charge is 0.326 e. The van der Waals surface area contributed by atoms with Gasteiger partial charge in [0.15, 0.2) is 0 Å². The van der Waals surface area contributed by atoms with Crippen molar-refractivity contribution in [3.63, 3.8) is 0 Å². The van der Waals surface area contributed by atoms with Gasteiger partial charge < -0.3 is 11.5 Å². The first-order valence-corrected chi connectivity index (χ1v) is 3.20. The fourth-order valence-corrected chi connectivity index (χ4v) is 0.839. The molecule has 0 spiro atoms. The highest BCUT2D eigenvalue weighted by atomic mass is 35.5. The van der Waals surface area contributed by atoms with Crippen LogP contribution in [0.4, 0.5) is 0 Å². The number of pyridine rings is 1. The van der Waals surface area contributed by atoms with E-state index in [0.717, 1.165) is 11.1 Å². The van der Waals surface area contributed by atoms with Gasteiger partial charge in [0.05, 0.1) is 0 Å². The zero-order valence-corrected chi connectivity index (χ0v) is 8.20. The van der Waals surface area contributed by atoms with Crippen molar-refractivity contribution in [2.24, 2.45) is 11.5 Å². The standard InChI is InChI=1S/C7H11N3.2ClH/c8-3-6-1-2-10-5-7(6)4-9;;/h1-2,5H,3-4,8-9H2;2*1H. The number of nitrogens with two attached hydrogens (primary N) is 2. The predicted octanol–water partition coefficient (Wildman–Crippen LogP) is 0.843. The summed E-state index contributed by atoms with van der Waals surface area (Å²) in [4.78, 5) is 3.93. The van der Waals surface area contributed by atoms with Crippen LogP contribution in [0.25, 0.3) is 0 Å². The molecule has 1 rings (SSSR count). The van der Waals surface area contributed by atoms with Gasteiger partial charge in [0.2, 0.25) is 0 Å². The van der Waals surface area contributed by atoms with E-state index in [1.165, 1.54) is 0 Å². The van der Waals surface area contributed by atoms with Crippen LogP contribution < -0.4 is 11.5 Å². The molecule has 0 fully saturated rings. The average Bonchev–Trinajstić information content (AvgIpc) is 2.04. The molecule has 0 aliphatic heterocycles. The van der Waals surface area contributed by atoms with Crippen molar-refractivity contribution in [3.05, 3.63) is 29.6 Å². The Balaban J connectivity index is 0. The van der Waals surface area contributed by atoms with E-state index in [1.807, 2.05) is 6.07 Å². The van der Waals surface area contributed by atoms with Crippen molar-refractivity contribution < 1.29 is 0 Å². The summed E-state index contributed by atoms with van der Waals surface area (Å²) in [6.45, 7) is 1.05. The highest BCUT2D eigenvalue weighted by molar-refractivity contribution is 5.85. The van der Waals surface area contributed by atoms with Crippen molar-refractivity contribution in [2.75, 3.05) is 0 Å². The molecule has 5 heteroatoms. The Morgan fingerprint density at radius 3 is 2.08 bits per heavy atom. The molecule has 1 heterocycles. The van der Waals surface area contributed by atoms with Gasteiger partial charge in [-0.1, -0.05) is 0 Å². The van der Waals surface area contributed by atoms with E-state index in [1.54, 1.807) is 12.4 Å². The monoisotopic (exact) mass is 209 g/mol. The van der Waals surface area contributed by atoms with Crippen LogP contribution >= 0.6 is 24.8 Å². The summed E-state index contributed by atoms with van der Waals surface area (Å²) in [5, 5.41) is 0. The molecule has 12 heavy (non-hydrogen) atoms. The third kappa shape index (κ3) is 3.36.